The lowest BCUT2D eigenvalue weighted by atomic mass is 10.2. The van der Waals surface area contributed by atoms with Crippen molar-refractivity contribution in [2.24, 2.45) is 0 Å². The maximum Gasteiger partial charge on any atom is 0.264 e. The van der Waals surface area contributed by atoms with Crippen molar-refractivity contribution >= 4 is 21.6 Å². The highest BCUT2D eigenvalue weighted by molar-refractivity contribution is 7.92. The van der Waals surface area contributed by atoms with Crippen LogP contribution in [0.15, 0.2) is 47.4 Å². The zero-order chi connectivity index (χ0) is 21.0. The molecular formula is C21H26N2O5S. The standard InChI is InChI=1S/C21H26N2O5S/c1-15-12-18(8-9-20(15)28-14-21(24)22-16(2)13-27-3)29(25,26)23-11-10-17-6-4-5-7-19(17)23/h4-9,12,16H,10-11,13-14H2,1-3H3,(H,22,24)/t16-/m0/s1. The minimum atomic E-state index is -3.66. The fraction of sp³-hybridized carbons (Fsp3) is 0.381. The van der Waals surface area contributed by atoms with E-state index >= 15 is 0 Å². The largest absolute Gasteiger partial charge is 0.484 e. The summed E-state index contributed by atoms with van der Waals surface area (Å²) in [4.78, 5) is 12.1. The number of sulfonamides is 1. The molecule has 1 aliphatic heterocycles. The molecule has 29 heavy (non-hydrogen) atoms. The number of nitrogens with one attached hydrogen (secondary N) is 1. The molecule has 0 fully saturated rings. The molecule has 0 saturated heterocycles. The molecule has 0 bridgehead atoms. The Balaban J connectivity index is 1.70. The summed E-state index contributed by atoms with van der Waals surface area (Å²) in [5, 5.41) is 2.76. The van der Waals surface area contributed by atoms with E-state index in [-0.39, 0.29) is 23.5 Å². The second-order valence-corrected chi connectivity index (χ2v) is 8.96. The Labute approximate surface area is 171 Å². The number of carbonyl (C=O) groups excluding carboxylic acids is 1. The first-order chi connectivity index (χ1) is 13.8. The summed E-state index contributed by atoms with van der Waals surface area (Å²) >= 11 is 0. The van der Waals surface area contributed by atoms with Gasteiger partial charge in [-0.1, -0.05) is 18.2 Å². The minimum Gasteiger partial charge on any atom is -0.484 e. The van der Waals surface area contributed by atoms with Crippen molar-refractivity contribution in [3.05, 3.63) is 53.6 Å². The van der Waals surface area contributed by atoms with Crippen LogP contribution in [0.1, 0.15) is 18.1 Å². The van der Waals surface area contributed by atoms with Crippen molar-refractivity contribution in [2.45, 2.75) is 31.2 Å². The molecule has 0 radical (unpaired) electrons. The average Bonchev–Trinajstić information content (AvgIpc) is 3.12. The third kappa shape index (κ3) is 4.71. The summed E-state index contributed by atoms with van der Waals surface area (Å²) in [6.07, 6.45) is 0.701. The maximum atomic E-state index is 13.1. The van der Waals surface area contributed by atoms with Crippen LogP contribution in [0.3, 0.4) is 0 Å². The molecule has 1 heterocycles. The van der Waals surface area contributed by atoms with Crippen molar-refractivity contribution in [2.75, 3.05) is 31.2 Å². The predicted octanol–water partition coefficient (Wildman–Crippen LogP) is 2.28. The van der Waals surface area contributed by atoms with Gasteiger partial charge in [0.25, 0.3) is 15.9 Å². The first-order valence-electron chi connectivity index (χ1n) is 9.45. The molecule has 1 atom stereocenters. The molecule has 0 aliphatic carbocycles. The Morgan fingerprint density at radius 3 is 2.72 bits per heavy atom. The Bertz CT molecular complexity index is 990. The first kappa shape index (κ1) is 21.1. The van der Waals surface area contributed by atoms with Crippen LogP contribution in [0.4, 0.5) is 5.69 Å². The zero-order valence-electron chi connectivity index (χ0n) is 16.8. The van der Waals surface area contributed by atoms with Gasteiger partial charge in [0, 0.05) is 19.7 Å². The average molecular weight is 419 g/mol. The number of nitrogens with zero attached hydrogens (tertiary/aromatic N) is 1. The fourth-order valence-electron chi connectivity index (χ4n) is 3.38. The van der Waals surface area contributed by atoms with E-state index in [9.17, 15) is 13.2 Å². The van der Waals surface area contributed by atoms with Gasteiger partial charge in [-0.25, -0.2) is 8.42 Å². The summed E-state index contributed by atoms with van der Waals surface area (Å²) in [7, 11) is -2.09. The number of anilines is 1. The minimum absolute atomic E-state index is 0.118. The predicted molar refractivity (Wildman–Crippen MR) is 111 cm³/mol. The van der Waals surface area contributed by atoms with Crippen LogP contribution >= 0.6 is 0 Å². The Morgan fingerprint density at radius 1 is 1.24 bits per heavy atom. The number of para-hydroxylation sites is 1. The van der Waals surface area contributed by atoms with Crippen LogP contribution in [0.5, 0.6) is 5.75 Å². The van der Waals surface area contributed by atoms with E-state index in [1.165, 1.54) is 10.4 Å². The molecule has 0 saturated carbocycles. The highest BCUT2D eigenvalue weighted by atomic mass is 32.2. The molecule has 2 aromatic rings. The molecule has 0 unspecified atom stereocenters. The van der Waals surface area contributed by atoms with Gasteiger partial charge in [-0.2, -0.15) is 0 Å². The molecule has 7 nitrogen and oxygen atoms in total. The number of benzene rings is 2. The van der Waals surface area contributed by atoms with Crippen LogP contribution in [0, 0.1) is 6.92 Å². The Hall–Kier alpha value is -2.58. The molecule has 1 aliphatic rings. The topological polar surface area (TPSA) is 84.9 Å². The van der Waals surface area contributed by atoms with Gasteiger partial charge < -0.3 is 14.8 Å². The van der Waals surface area contributed by atoms with E-state index in [4.69, 9.17) is 9.47 Å². The van der Waals surface area contributed by atoms with E-state index in [0.717, 1.165) is 11.3 Å². The number of ether oxygens (including phenoxy) is 2. The van der Waals surface area contributed by atoms with Crippen LogP contribution in [-0.4, -0.2) is 47.2 Å². The summed E-state index contributed by atoms with van der Waals surface area (Å²) in [5.41, 5.74) is 2.41. The lowest BCUT2D eigenvalue weighted by molar-refractivity contribution is -0.124. The van der Waals surface area contributed by atoms with Crippen molar-refractivity contribution in [3.8, 4) is 5.75 Å². The van der Waals surface area contributed by atoms with Crippen molar-refractivity contribution in [1.82, 2.24) is 5.32 Å². The van der Waals surface area contributed by atoms with Gasteiger partial charge in [-0.05, 0) is 55.7 Å². The van der Waals surface area contributed by atoms with Crippen LogP contribution in [0.25, 0.3) is 0 Å². The third-order valence-electron chi connectivity index (χ3n) is 4.76. The third-order valence-corrected chi connectivity index (χ3v) is 6.57. The lowest BCUT2D eigenvalue weighted by Crippen LogP contribution is -2.38. The number of aryl methyl sites for hydroxylation is 1. The summed E-state index contributed by atoms with van der Waals surface area (Å²) in [6, 6.07) is 12.1. The monoisotopic (exact) mass is 418 g/mol. The summed E-state index contributed by atoms with van der Waals surface area (Å²) in [5.74, 6) is 0.208. The lowest BCUT2D eigenvalue weighted by Gasteiger charge is -2.20. The van der Waals surface area contributed by atoms with Gasteiger partial charge in [0.2, 0.25) is 0 Å². The maximum absolute atomic E-state index is 13.1. The number of rotatable bonds is 8. The Morgan fingerprint density at radius 2 is 2.00 bits per heavy atom. The molecule has 8 heteroatoms. The SMILES string of the molecule is COC[C@H](C)NC(=O)COc1ccc(S(=O)(=O)N2CCc3ccccc32)cc1C. The second kappa shape index (κ2) is 8.84. The van der Waals surface area contributed by atoms with Crippen LogP contribution in [0.2, 0.25) is 0 Å². The molecule has 0 spiro atoms. The van der Waals surface area contributed by atoms with Gasteiger partial charge in [-0.3, -0.25) is 9.10 Å². The van der Waals surface area contributed by atoms with Crippen LogP contribution in [-0.2, 0) is 26.0 Å². The number of fused-ring (bicyclic) bond motifs is 1. The fourth-order valence-corrected chi connectivity index (χ4v) is 4.97. The normalized spacial score (nSPS) is 14.4. The summed E-state index contributed by atoms with van der Waals surface area (Å²) in [6.45, 7) is 4.29. The molecular weight excluding hydrogens is 392 g/mol. The van der Waals surface area contributed by atoms with E-state index < -0.39 is 10.0 Å². The first-order valence-corrected chi connectivity index (χ1v) is 10.9. The highest BCUT2D eigenvalue weighted by Gasteiger charge is 2.30. The number of carbonyl (C=O) groups is 1. The zero-order valence-corrected chi connectivity index (χ0v) is 17.7. The van der Waals surface area contributed by atoms with Gasteiger partial charge in [0.1, 0.15) is 5.75 Å². The van der Waals surface area contributed by atoms with Crippen molar-refractivity contribution in [1.29, 1.82) is 0 Å². The molecule has 156 valence electrons. The van der Waals surface area contributed by atoms with E-state index in [2.05, 4.69) is 5.32 Å². The second-order valence-electron chi connectivity index (χ2n) is 7.10. The Kier molecular flexibility index (Phi) is 6.44. The smallest absolute Gasteiger partial charge is 0.264 e. The number of hydrogen-bond acceptors (Lipinski definition) is 5. The molecule has 2 aromatic carbocycles. The molecule has 1 amide bonds. The molecule has 3 rings (SSSR count). The van der Waals surface area contributed by atoms with Crippen molar-refractivity contribution in [3.63, 3.8) is 0 Å². The quantitative estimate of drug-likeness (QED) is 0.711. The van der Waals surface area contributed by atoms with E-state index in [1.807, 2.05) is 31.2 Å². The van der Waals surface area contributed by atoms with Gasteiger partial charge >= 0.3 is 0 Å². The van der Waals surface area contributed by atoms with E-state index in [0.29, 0.717) is 30.9 Å². The number of hydrogen-bond donors (Lipinski definition) is 1. The van der Waals surface area contributed by atoms with Gasteiger partial charge in [-0.15, -0.1) is 0 Å². The van der Waals surface area contributed by atoms with Gasteiger partial charge in [0.15, 0.2) is 6.61 Å². The molecule has 0 aromatic heterocycles. The van der Waals surface area contributed by atoms with Crippen molar-refractivity contribution < 1.29 is 22.7 Å². The molecule has 1 N–H and O–H groups in total. The van der Waals surface area contributed by atoms with E-state index in [1.54, 1.807) is 26.2 Å². The van der Waals surface area contributed by atoms with Gasteiger partial charge in [0.05, 0.1) is 17.2 Å². The number of amides is 1. The highest BCUT2D eigenvalue weighted by Crippen LogP contribution is 2.33. The van der Waals surface area contributed by atoms with Crippen LogP contribution < -0.4 is 14.4 Å². The number of methoxy groups -OCH3 is 1. The summed E-state index contributed by atoms with van der Waals surface area (Å²) < 4.78 is 38.2.